The molecular weight excluding hydrogens is 250 g/mol. The molecule has 4 nitrogen and oxygen atoms in total. The lowest BCUT2D eigenvalue weighted by atomic mass is 10.2. The van der Waals surface area contributed by atoms with Gasteiger partial charge in [-0.1, -0.05) is 17.7 Å². The molecular formula is C13H16ClN3O. The highest BCUT2D eigenvalue weighted by Gasteiger charge is 2.06. The molecule has 0 radical (unpaired) electrons. The number of halogens is 1. The van der Waals surface area contributed by atoms with E-state index in [9.17, 15) is 0 Å². The van der Waals surface area contributed by atoms with E-state index in [4.69, 9.17) is 16.3 Å². The molecule has 18 heavy (non-hydrogen) atoms. The molecule has 1 heterocycles. The Bertz CT molecular complexity index is 532. The molecule has 0 aliphatic heterocycles. The van der Waals surface area contributed by atoms with E-state index in [1.165, 1.54) is 0 Å². The maximum Gasteiger partial charge on any atom is 0.137 e. The summed E-state index contributed by atoms with van der Waals surface area (Å²) >= 11 is 6.08. The Hall–Kier alpha value is -1.68. The van der Waals surface area contributed by atoms with Gasteiger partial charge in [0, 0.05) is 6.54 Å². The topological polar surface area (TPSA) is 49.9 Å². The summed E-state index contributed by atoms with van der Waals surface area (Å²) in [6.45, 7) is 4.65. The first-order chi connectivity index (χ1) is 8.61. The van der Waals surface area contributed by atoms with Gasteiger partial charge in [-0.25, -0.2) is 0 Å². The van der Waals surface area contributed by atoms with Crippen LogP contribution in [0.25, 0.3) is 0 Å². The predicted molar refractivity (Wildman–Crippen MR) is 73.4 cm³/mol. The van der Waals surface area contributed by atoms with Gasteiger partial charge in [0.15, 0.2) is 0 Å². The second-order valence-corrected chi connectivity index (χ2v) is 4.54. The van der Waals surface area contributed by atoms with Crippen LogP contribution in [0.2, 0.25) is 5.02 Å². The van der Waals surface area contributed by atoms with Crippen molar-refractivity contribution in [2.24, 2.45) is 0 Å². The van der Waals surface area contributed by atoms with Crippen molar-refractivity contribution in [3.8, 4) is 5.75 Å². The Morgan fingerprint density at radius 3 is 2.72 bits per heavy atom. The molecule has 2 aromatic rings. The number of ether oxygens (including phenoxy) is 1. The minimum Gasteiger partial charge on any atom is -0.495 e. The van der Waals surface area contributed by atoms with E-state index < -0.39 is 0 Å². The third-order valence-electron chi connectivity index (χ3n) is 2.81. The van der Waals surface area contributed by atoms with Crippen molar-refractivity contribution >= 4 is 17.3 Å². The number of benzene rings is 1. The van der Waals surface area contributed by atoms with Crippen molar-refractivity contribution in [2.75, 3.05) is 12.4 Å². The number of anilines is 1. The standard InChI is InChI=1S/C13H16ClN3O/c1-8-13(9(2)17-16-8)15-7-10-4-5-12(18-3)11(14)6-10/h4-6,15H,7H2,1-3H3,(H,16,17). The summed E-state index contributed by atoms with van der Waals surface area (Å²) in [5.74, 6) is 0.691. The summed E-state index contributed by atoms with van der Waals surface area (Å²) in [5, 5.41) is 11.1. The van der Waals surface area contributed by atoms with Crippen molar-refractivity contribution in [2.45, 2.75) is 20.4 Å². The van der Waals surface area contributed by atoms with E-state index in [-0.39, 0.29) is 0 Å². The average molecular weight is 266 g/mol. The van der Waals surface area contributed by atoms with Crippen molar-refractivity contribution in [1.82, 2.24) is 10.2 Å². The molecule has 0 unspecified atom stereocenters. The van der Waals surface area contributed by atoms with E-state index in [0.717, 1.165) is 22.6 Å². The maximum absolute atomic E-state index is 6.08. The molecule has 0 aliphatic rings. The third kappa shape index (κ3) is 2.59. The number of aryl methyl sites for hydroxylation is 2. The minimum atomic E-state index is 0.623. The fraction of sp³-hybridized carbons (Fsp3) is 0.308. The largest absolute Gasteiger partial charge is 0.495 e. The lowest BCUT2D eigenvalue weighted by Gasteiger charge is -2.08. The summed E-state index contributed by atoms with van der Waals surface area (Å²) in [7, 11) is 1.61. The smallest absolute Gasteiger partial charge is 0.137 e. The summed E-state index contributed by atoms with van der Waals surface area (Å²) in [6.07, 6.45) is 0. The maximum atomic E-state index is 6.08. The monoisotopic (exact) mass is 265 g/mol. The zero-order valence-corrected chi connectivity index (χ0v) is 11.4. The lowest BCUT2D eigenvalue weighted by molar-refractivity contribution is 0.415. The summed E-state index contributed by atoms with van der Waals surface area (Å²) < 4.78 is 5.12. The Kier molecular flexibility index (Phi) is 3.77. The average Bonchev–Trinajstić information content (AvgIpc) is 2.67. The second-order valence-electron chi connectivity index (χ2n) is 4.13. The van der Waals surface area contributed by atoms with Gasteiger partial charge in [0.05, 0.1) is 29.2 Å². The molecule has 2 rings (SSSR count). The third-order valence-corrected chi connectivity index (χ3v) is 3.11. The van der Waals surface area contributed by atoms with Crippen molar-refractivity contribution in [3.05, 3.63) is 40.2 Å². The van der Waals surface area contributed by atoms with Crippen LogP contribution in [0.3, 0.4) is 0 Å². The van der Waals surface area contributed by atoms with Gasteiger partial charge in [-0.2, -0.15) is 5.10 Å². The van der Waals surface area contributed by atoms with Crippen LogP contribution < -0.4 is 10.1 Å². The highest BCUT2D eigenvalue weighted by molar-refractivity contribution is 6.32. The highest BCUT2D eigenvalue weighted by atomic mass is 35.5. The molecule has 2 N–H and O–H groups in total. The van der Waals surface area contributed by atoms with Crippen LogP contribution in [0.4, 0.5) is 5.69 Å². The van der Waals surface area contributed by atoms with Gasteiger partial charge in [-0.05, 0) is 31.5 Å². The second kappa shape index (κ2) is 5.31. The van der Waals surface area contributed by atoms with Crippen molar-refractivity contribution in [1.29, 1.82) is 0 Å². The molecule has 0 bridgehead atoms. The van der Waals surface area contributed by atoms with E-state index >= 15 is 0 Å². The molecule has 0 spiro atoms. The number of aromatic amines is 1. The molecule has 1 aromatic carbocycles. The van der Waals surface area contributed by atoms with E-state index in [0.29, 0.717) is 17.3 Å². The van der Waals surface area contributed by atoms with Gasteiger partial charge in [0.1, 0.15) is 5.75 Å². The van der Waals surface area contributed by atoms with Crippen LogP contribution in [-0.4, -0.2) is 17.3 Å². The lowest BCUT2D eigenvalue weighted by Crippen LogP contribution is -2.01. The van der Waals surface area contributed by atoms with Gasteiger partial charge in [-0.3, -0.25) is 5.10 Å². The molecule has 0 saturated heterocycles. The predicted octanol–water partition coefficient (Wildman–Crippen LogP) is 3.30. The normalized spacial score (nSPS) is 10.4. The zero-order chi connectivity index (χ0) is 13.1. The molecule has 0 amide bonds. The van der Waals surface area contributed by atoms with Gasteiger partial charge in [0.2, 0.25) is 0 Å². The SMILES string of the molecule is COc1ccc(CNc2c(C)n[nH]c2C)cc1Cl. The van der Waals surface area contributed by atoms with E-state index in [2.05, 4.69) is 15.5 Å². The van der Waals surface area contributed by atoms with Crippen molar-refractivity contribution < 1.29 is 4.74 Å². The first-order valence-corrected chi connectivity index (χ1v) is 6.07. The molecule has 0 atom stereocenters. The van der Waals surface area contributed by atoms with Crippen LogP contribution in [0, 0.1) is 13.8 Å². The molecule has 5 heteroatoms. The van der Waals surface area contributed by atoms with Gasteiger partial charge >= 0.3 is 0 Å². The van der Waals surface area contributed by atoms with Gasteiger partial charge < -0.3 is 10.1 Å². The molecule has 1 aromatic heterocycles. The Labute approximate surface area is 111 Å². The molecule has 96 valence electrons. The number of H-pyrrole nitrogens is 1. The highest BCUT2D eigenvalue weighted by Crippen LogP contribution is 2.25. The number of rotatable bonds is 4. The van der Waals surface area contributed by atoms with Crippen LogP contribution in [0.5, 0.6) is 5.75 Å². The van der Waals surface area contributed by atoms with Crippen LogP contribution >= 0.6 is 11.6 Å². The molecule has 0 saturated carbocycles. The van der Waals surface area contributed by atoms with Crippen LogP contribution in [0.15, 0.2) is 18.2 Å². The summed E-state index contributed by atoms with van der Waals surface area (Å²) in [4.78, 5) is 0. The first kappa shape index (κ1) is 12.8. The van der Waals surface area contributed by atoms with E-state index in [1.807, 2.05) is 32.0 Å². The minimum absolute atomic E-state index is 0.623. The fourth-order valence-corrected chi connectivity index (χ4v) is 2.10. The summed E-state index contributed by atoms with van der Waals surface area (Å²) in [5.41, 5.74) is 4.14. The van der Waals surface area contributed by atoms with E-state index in [1.54, 1.807) is 7.11 Å². The zero-order valence-electron chi connectivity index (χ0n) is 10.7. The Morgan fingerprint density at radius 2 is 2.17 bits per heavy atom. The number of aromatic nitrogens is 2. The number of nitrogens with one attached hydrogen (secondary N) is 2. The summed E-state index contributed by atoms with van der Waals surface area (Å²) in [6, 6.07) is 5.76. The van der Waals surface area contributed by atoms with Crippen molar-refractivity contribution in [3.63, 3.8) is 0 Å². The number of nitrogens with zero attached hydrogens (tertiary/aromatic N) is 1. The Balaban J connectivity index is 2.09. The molecule has 0 aliphatic carbocycles. The van der Waals surface area contributed by atoms with Gasteiger partial charge in [0.25, 0.3) is 0 Å². The molecule has 0 fully saturated rings. The quantitative estimate of drug-likeness (QED) is 0.892. The Morgan fingerprint density at radius 1 is 1.39 bits per heavy atom. The number of hydrogen-bond donors (Lipinski definition) is 2. The number of hydrogen-bond acceptors (Lipinski definition) is 3. The number of methoxy groups -OCH3 is 1. The van der Waals surface area contributed by atoms with Crippen LogP contribution in [-0.2, 0) is 6.54 Å². The van der Waals surface area contributed by atoms with Crippen LogP contribution in [0.1, 0.15) is 17.0 Å². The first-order valence-electron chi connectivity index (χ1n) is 5.69. The van der Waals surface area contributed by atoms with Gasteiger partial charge in [-0.15, -0.1) is 0 Å². The fourth-order valence-electron chi connectivity index (χ4n) is 1.82.